The van der Waals surface area contributed by atoms with Crippen LogP contribution in [0.2, 0.25) is 0 Å². The van der Waals surface area contributed by atoms with Crippen LogP contribution >= 0.6 is 0 Å². The van der Waals surface area contributed by atoms with E-state index in [1.165, 1.54) is 12.0 Å². The molecular weight excluding hydrogens is 350 g/mol. The van der Waals surface area contributed by atoms with Gasteiger partial charge in [-0.2, -0.15) is 0 Å². The minimum absolute atomic E-state index is 0.146. The molecule has 0 aromatic heterocycles. The Morgan fingerprint density at radius 2 is 1.89 bits per heavy atom. The fourth-order valence-electron chi connectivity index (χ4n) is 5.73. The highest BCUT2D eigenvalue weighted by Crippen LogP contribution is 2.45. The smallest absolute Gasteiger partial charge is 0.227 e. The van der Waals surface area contributed by atoms with Gasteiger partial charge in [0.25, 0.3) is 0 Å². The van der Waals surface area contributed by atoms with Gasteiger partial charge in [-0.05, 0) is 63.2 Å². The lowest BCUT2D eigenvalue weighted by atomic mass is 9.92. The van der Waals surface area contributed by atoms with Crippen LogP contribution in [0, 0.1) is 11.8 Å². The van der Waals surface area contributed by atoms with Crippen molar-refractivity contribution in [3.63, 3.8) is 0 Å². The number of likely N-dealkylation sites (tertiary alicyclic amines) is 1. The van der Waals surface area contributed by atoms with E-state index >= 15 is 0 Å². The fraction of sp³-hybridized carbons (Fsp3) is 0.696. The number of carbonyl (C=O) groups is 1. The maximum absolute atomic E-state index is 13.4. The quantitative estimate of drug-likeness (QED) is 0.817. The summed E-state index contributed by atoms with van der Waals surface area (Å²) < 4.78 is 0. The first-order valence-electron chi connectivity index (χ1n) is 11.1. The van der Waals surface area contributed by atoms with E-state index in [2.05, 4.69) is 40.1 Å². The van der Waals surface area contributed by atoms with Crippen LogP contribution < -0.4 is 0 Å². The molecule has 5 nitrogen and oxygen atoms in total. The van der Waals surface area contributed by atoms with Crippen molar-refractivity contribution in [1.82, 2.24) is 14.7 Å². The van der Waals surface area contributed by atoms with Crippen LogP contribution in [0.3, 0.4) is 0 Å². The van der Waals surface area contributed by atoms with Crippen molar-refractivity contribution < 1.29 is 9.90 Å². The molecule has 0 bridgehead atoms. The number of piperidine rings is 1. The number of aliphatic hydroxyl groups excluding tert-OH is 1. The van der Waals surface area contributed by atoms with E-state index in [0.29, 0.717) is 23.9 Å². The summed E-state index contributed by atoms with van der Waals surface area (Å²) in [5.41, 5.74) is 1.36. The van der Waals surface area contributed by atoms with Crippen LogP contribution in [0.5, 0.6) is 0 Å². The van der Waals surface area contributed by atoms with Crippen LogP contribution in [-0.4, -0.2) is 78.1 Å². The van der Waals surface area contributed by atoms with Gasteiger partial charge in [0.1, 0.15) is 0 Å². The van der Waals surface area contributed by atoms with Crippen molar-refractivity contribution in [3.8, 4) is 0 Å². The molecule has 0 unspecified atom stereocenters. The van der Waals surface area contributed by atoms with Crippen molar-refractivity contribution >= 4 is 5.91 Å². The zero-order valence-electron chi connectivity index (χ0n) is 17.2. The van der Waals surface area contributed by atoms with E-state index in [1.807, 2.05) is 11.9 Å². The minimum Gasteiger partial charge on any atom is -0.395 e. The third-order valence-corrected chi connectivity index (χ3v) is 7.22. The number of hydrogen-bond acceptors (Lipinski definition) is 4. The van der Waals surface area contributed by atoms with Gasteiger partial charge in [0.15, 0.2) is 0 Å². The van der Waals surface area contributed by atoms with Crippen molar-refractivity contribution in [2.75, 3.05) is 46.4 Å². The average molecular weight is 386 g/mol. The third kappa shape index (κ3) is 4.12. The number of rotatable bonds is 6. The van der Waals surface area contributed by atoms with E-state index in [-0.39, 0.29) is 12.5 Å². The van der Waals surface area contributed by atoms with E-state index < -0.39 is 0 Å². The zero-order valence-corrected chi connectivity index (χ0v) is 17.2. The largest absolute Gasteiger partial charge is 0.395 e. The topological polar surface area (TPSA) is 47.0 Å². The number of amides is 1. The maximum atomic E-state index is 13.4. The number of benzene rings is 1. The summed E-state index contributed by atoms with van der Waals surface area (Å²) in [5.74, 6) is 1.09. The standard InChI is InChI=1S/C23H35N3O2/c1-24(17-18-9-12-25(13-10-18)14-15-27)23(28)20-16-22(19-6-3-2-4-7-19)26-11-5-8-21(20)26/h2-4,6-7,18,20-22,27H,5,8-17H2,1H3/t20-,21+,22-/m1/s1. The van der Waals surface area contributed by atoms with Crippen LogP contribution in [0.1, 0.15) is 43.7 Å². The Hall–Kier alpha value is -1.43. The summed E-state index contributed by atoms with van der Waals surface area (Å²) >= 11 is 0. The van der Waals surface area contributed by atoms with Gasteiger partial charge in [-0.25, -0.2) is 0 Å². The number of carbonyl (C=O) groups excluding carboxylic acids is 1. The first-order chi connectivity index (χ1) is 13.7. The fourth-order valence-corrected chi connectivity index (χ4v) is 5.73. The Bertz CT molecular complexity index is 645. The maximum Gasteiger partial charge on any atom is 0.227 e. The van der Waals surface area contributed by atoms with Gasteiger partial charge >= 0.3 is 0 Å². The monoisotopic (exact) mass is 385 g/mol. The van der Waals surface area contributed by atoms with Gasteiger partial charge in [-0.1, -0.05) is 30.3 Å². The Morgan fingerprint density at radius 1 is 1.14 bits per heavy atom. The summed E-state index contributed by atoms with van der Waals surface area (Å²) in [7, 11) is 2.01. The highest BCUT2D eigenvalue weighted by molar-refractivity contribution is 5.80. The van der Waals surface area contributed by atoms with Gasteiger partial charge in [0.05, 0.1) is 12.5 Å². The molecule has 3 aliphatic rings. The van der Waals surface area contributed by atoms with Crippen molar-refractivity contribution in [1.29, 1.82) is 0 Å². The predicted molar refractivity (Wildman–Crippen MR) is 111 cm³/mol. The molecule has 3 fully saturated rings. The van der Waals surface area contributed by atoms with Gasteiger partial charge in [0, 0.05) is 32.2 Å². The molecule has 0 aliphatic carbocycles. The van der Waals surface area contributed by atoms with Crippen molar-refractivity contribution in [3.05, 3.63) is 35.9 Å². The van der Waals surface area contributed by atoms with Crippen molar-refractivity contribution in [2.45, 2.75) is 44.2 Å². The Kier molecular flexibility index (Phi) is 6.34. The first kappa shape index (κ1) is 19.9. The highest BCUT2D eigenvalue weighted by atomic mass is 16.3. The van der Waals surface area contributed by atoms with Gasteiger partial charge < -0.3 is 14.9 Å². The second-order valence-corrected chi connectivity index (χ2v) is 8.94. The van der Waals surface area contributed by atoms with E-state index in [1.54, 1.807) is 0 Å². The molecule has 5 heteroatoms. The van der Waals surface area contributed by atoms with Gasteiger partial charge in [-0.3, -0.25) is 9.69 Å². The lowest BCUT2D eigenvalue weighted by molar-refractivity contribution is -0.135. The molecule has 3 heterocycles. The molecule has 0 spiro atoms. The van der Waals surface area contributed by atoms with E-state index in [4.69, 9.17) is 5.11 Å². The van der Waals surface area contributed by atoms with Crippen molar-refractivity contribution in [2.24, 2.45) is 11.8 Å². The molecule has 1 amide bonds. The Balaban J connectivity index is 1.36. The normalized spacial score (nSPS) is 29.1. The molecule has 4 rings (SSSR count). The number of hydrogen-bond donors (Lipinski definition) is 1. The third-order valence-electron chi connectivity index (χ3n) is 7.22. The van der Waals surface area contributed by atoms with Crippen LogP contribution in [0.15, 0.2) is 30.3 Å². The summed E-state index contributed by atoms with van der Waals surface area (Å²) in [6, 6.07) is 11.6. The zero-order chi connectivity index (χ0) is 19.5. The lowest BCUT2D eigenvalue weighted by Crippen LogP contribution is -2.43. The number of fused-ring (bicyclic) bond motifs is 1. The summed E-state index contributed by atoms with van der Waals surface area (Å²) in [5, 5.41) is 9.10. The molecule has 154 valence electrons. The average Bonchev–Trinajstić information content (AvgIpc) is 3.32. The first-order valence-corrected chi connectivity index (χ1v) is 11.1. The summed E-state index contributed by atoms with van der Waals surface area (Å²) in [6.45, 7) is 5.12. The molecule has 1 aromatic carbocycles. The van der Waals surface area contributed by atoms with Gasteiger partial charge in [-0.15, -0.1) is 0 Å². The lowest BCUT2D eigenvalue weighted by Gasteiger charge is -2.34. The second-order valence-electron chi connectivity index (χ2n) is 8.94. The van der Waals surface area contributed by atoms with E-state index in [9.17, 15) is 4.79 Å². The SMILES string of the molecule is CN(CC1CCN(CCO)CC1)C(=O)[C@@H]1C[C@H](c2ccccc2)N2CCC[C@@H]12. The number of nitrogens with zero attached hydrogens (tertiary/aromatic N) is 3. The minimum atomic E-state index is 0.146. The molecule has 1 aromatic rings. The number of aliphatic hydroxyl groups is 1. The Labute approximate surface area is 169 Å². The second kappa shape index (κ2) is 8.93. The van der Waals surface area contributed by atoms with Crippen LogP contribution in [-0.2, 0) is 4.79 Å². The molecule has 3 aliphatic heterocycles. The van der Waals surface area contributed by atoms with E-state index in [0.717, 1.165) is 58.4 Å². The van der Waals surface area contributed by atoms with Gasteiger partial charge in [0.2, 0.25) is 5.91 Å². The molecular formula is C23H35N3O2. The Morgan fingerprint density at radius 3 is 2.61 bits per heavy atom. The van der Waals surface area contributed by atoms with Crippen LogP contribution in [0.25, 0.3) is 0 Å². The molecule has 3 atom stereocenters. The molecule has 1 N–H and O–H groups in total. The molecule has 0 saturated carbocycles. The molecule has 28 heavy (non-hydrogen) atoms. The number of β-amino-alcohol motifs (C(OH)–C–C–N with tert-alkyl or cyclic N) is 1. The summed E-state index contributed by atoms with van der Waals surface area (Å²) in [4.78, 5) is 20.3. The predicted octanol–water partition coefficient (Wildman–Crippen LogP) is 2.37. The molecule has 0 radical (unpaired) electrons. The molecule has 3 saturated heterocycles. The van der Waals surface area contributed by atoms with Crippen LogP contribution in [0.4, 0.5) is 0 Å². The summed E-state index contributed by atoms with van der Waals surface area (Å²) in [6.07, 6.45) is 5.60. The highest BCUT2D eigenvalue weighted by Gasteiger charge is 2.47.